The van der Waals surface area contributed by atoms with Crippen LogP contribution in [-0.4, -0.2) is 11.1 Å². The van der Waals surface area contributed by atoms with E-state index in [0.29, 0.717) is 6.42 Å². The molecule has 0 aromatic heterocycles. The quantitative estimate of drug-likeness (QED) is 0.762. The molecule has 0 heterocycles. The molecule has 88 valence electrons. The van der Waals surface area contributed by atoms with Crippen LogP contribution in [-0.2, 0) is 5.60 Å². The van der Waals surface area contributed by atoms with Crippen molar-refractivity contribution in [3.8, 4) is 0 Å². The van der Waals surface area contributed by atoms with Crippen molar-refractivity contribution in [3.05, 3.63) is 34.9 Å². The van der Waals surface area contributed by atoms with E-state index < -0.39 is 5.60 Å². The van der Waals surface area contributed by atoms with Gasteiger partial charge in [0.1, 0.15) is 0 Å². The molecule has 2 rings (SSSR count). The topological polar surface area (TPSA) is 46.2 Å². The van der Waals surface area contributed by atoms with Crippen molar-refractivity contribution in [2.24, 2.45) is 5.73 Å². The van der Waals surface area contributed by atoms with Crippen LogP contribution in [0.5, 0.6) is 0 Å². The fraction of sp³-hybridized carbons (Fsp3) is 0.571. The third-order valence-electron chi connectivity index (χ3n) is 3.87. The van der Waals surface area contributed by atoms with Gasteiger partial charge in [-0.1, -0.05) is 18.2 Å². The minimum absolute atomic E-state index is 0.138. The minimum Gasteiger partial charge on any atom is -0.385 e. The number of hydrogen-bond donors (Lipinski definition) is 2. The van der Waals surface area contributed by atoms with Crippen molar-refractivity contribution in [3.63, 3.8) is 0 Å². The Labute approximate surface area is 97.5 Å². The van der Waals surface area contributed by atoms with Crippen LogP contribution in [0.1, 0.15) is 42.4 Å². The van der Waals surface area contributed by atoms with E-state index in [0.717, 1.165) is 24.8 Å². The Balaban J connectivity index is 2.38. The molecule has 1 fully saturated rings. The van der Waals surface area contributed by atoms with Gasteiger partial charge >= 0.3 is 0 Å². The Kier molecular flexibility index (Phi) is 3.04. The van der Waals surface area contributed by atoms with E-state index >= 15 is 0 Å². The average Bonchev–Trinajstić information content (AvgIpc) is 2.21. The Hall–Kier alpha value is -0.860. The van der Waals surface area contributed by atoms with E-state index in [9.17, 15) is 5.11 Å². The van der Waals surface area contributed by atoms with E-state index in [1.54, 1.807) is 0 Å². The van der Waals surface area contributed by atoms with Gasteiger partial charge in [-0.05, 0) is 56.2 Å². The Morgan fingerprint density at radius 2 is 2.12 bits per heavy atom. The molecule has 2 heteroatoms. The molecule has 1 aliphatic carbocycles. The summed E-state index contributed by atoms with van der Waals surface area (Å²) >= 11 is 0. The largest absolute Gasteiger partial charge is 0.385 e. The Bertz CT molecular complexity index is 388. The summed E-state index contributed by atoms with van der Waals surface area (Å²) in [5, 5.41) is 10.7. The Morgan fingerprint density at radius 3 is 2.81 bits per heavy atom. The number of nitrogens with two attached hydrogens (primary N) is 1. The molecule has 0 amide bonds. The van der Waals surface area contributed by atoms with E-state index in [1.165, 1.54) is 11.1 Å². The molecule has 3 N–H and O–H groups in total. The summed E-state index contributed by atoms with van der Waals surface area (Å²) < 4.78 is 0. The van der Waals surface area contributed by atoms with Crippen LogP contribution in [0.3, 0.4) is 0 Å². The molecule has 2 atom stereocenters. The van der Waals surface area contributed by atoms with Crippen LogP contribution in [0.15, 0.2) is 18.2 Å². The summed E-state index contributed by atoms with van der Waals surface area (Å²) in [7, 11) is 0. The molecule has 0 radical (unpaired) electrons. The first-order valence-electron chi connectivity index (χ1n) is 6.07. The van der Waals surface area contributed by atoms with Crippen LogP contribution in [0.2, 0.25) is 0 Å². The second-order valence-corrected chi connectivity index (χ2v) is 5.14. The molecule has 2 unspecified atom stereocenters. The molecule has 16 heavy (non-hydrogen) atoms. The lowest BCUT2D eigenvalue weighted by atomic mass is 9.75. The number of rotatable bonds is 1. The zero-order chi connectivity index (χ0) is 11.8. The van der Waals surface area contributed by atoms with E-state index in [4.69, 9.17) is 5.73 Å². The fourth-order valence-electron chi connectivity index (χ4n) is 2.79. The summed E-state index contributed by atoms with van der Waals surface area (Å²) in [5.41, 5.74) is 8.80. The number of aliphatic hydroxyl groups is 1. The maximum atomic E-state index is 10.7. The summed E-state index contributed by atoms with van der Waals surface area (Å²) in [4.78, 5) is 0. The highest BCUT2D eigenvalue weighted by atomic mass is 16.3. The zero-order valence-corrected chi connectivity index (χ0v) is 10.2. The normalized spacial score (nSPS) is 30.4. The second kappa shape index (κ2) is 4.19. The SMILES string of the molecule is Cc1cccc(C2(O)CCCC(N)C2)c1C. The molecular formula is C14H21NO. The summed E-state index contributed by atoms with van der Waals surface area (Å²) in [5.74, 6) is 0. The first-order chi connectivity index (χ1) is 7.53. The van der Waals surface area contributed by atoms with E-state index in [-0.39, 0.29) is 6.04 Å². The lowest BCUT2D eigenvalue weighted by molar-refractivity contribution is -0.00774. The molecule has 1 aromatic rings. The molecule has 0 saturated heterocycles. The van der Waals surface area contributed by atoms with E-state index in [2.05, 4.69) is 19.9 Å². The van der Waals surface area contributed by atoms with Gasteiger partial charge in [-0.3, -0.25) is 0 Å². The van der Waals surface area contributed by atoms with Gasteiger partial charge < -0.3 is 10.8 Å². The first kappa shape index (κ1) is 11.6. The average molecular weight is 219 g/mol. The van der Waals surface area contributed by atoms with Gasteiger partial charge in [0.25, 0.3) is 0 Å². The zero-order valence-electron chi connectivity index (χ0n) is 10.2. The minimum atomic E-state index is -0.701. The van der Waals surface area contributed by atoms with Crippen LogP contribution < -0.4 is 5.73 Å². The van der Waals surface area contributed by atoms with Crippen LogP contribution in [0.25, 0.3) is 0 Å². The summed E-state index contributed by atoms with van der Waals surface area (Å²) in [6.07, 6.45) is 3.58. The van der Waals surface area contributed by atoms with Crippen molar-refractivity contribution >= 4 is 0 Å². The van der Waals surface area contributed by atoms with Gasteiger partial charge in [0.05, 0.1) is 5.60 Å². The molecule has 1 aromatic carbocycles. The Morgan fingerprint density at radius 1 is 1.38 bits per heavy atom. The van der Waals surface area contributed by atoms with E-state index in [1.807, 2.05) is 12.1 Å². The van der Waals surface area contributed by atoms with Crippen LogP contribution in [0.4, 0.5) is 0 Å². The van der Waals surface area contributed by atoms with Crippen LogP contribution >= 0.6 is 0 Å². The van der Waals surface area contributed by atoms with Gasteiger partial charge in [0, 0.05) is 6.04 Å². The fourth-order valence-corrected chi connectivity index (χ4v) is 2.79. The van der Waals surface area contributed by atoms with Gasteiger partial charge in [-0.15, -0.1) is 0 Å². The van der Waals surface area contributed by atoms with Crippen molar-refractivity contribution in [1.29, 1.82) is 0 Å². The van der Waals surface area contributed by atoms with Gasteiger partial charge in [0.2, 0.25) is 0 Å². The highest BCUT2D eigenvalue weighted by Gasteiger charge is 2.35. The maximum absolute atomic E-state index is 10.7. The third-order valence-corrected chi connectivity index (χ3v) is 3.87. The van der Waals surface area contributed by atoms with Crippen molar-refractivity contribution < 1.29 is 5.11 Å². The molecule has 1 aliphatic rings. The number of aryl methyl sites for hydroxylation is 1. The van der Waals surface area contributed by atoms with Crippen molar-refractivity contribution in [2.75, 3.05) is 0 Å². The smallest absolute Gasteiger partial charge is 0.0914 e. The van der Waals surface area contributed by atoms with Crippen molar-refractivity contribution in [1.82, 2.24) is 0 Å². The third kappa shape index (κ3) is 2.00. The van der Waals surface area contributed by atoms with Gasteiger partial charge in [-0.25, -0.2) is 0 Å². The number of benzene rings is 1. The van der Waals surface area contributed by atoms with Gasteiger partial charge in [0.15, 0.2) is 0 Å². The summed E-state index contributed by atoms with van der Waals surface area (Å²) in [6.45, 7) is 4.17. The number of hydrogen-bond acceptors (Lipinski definition) is 2. The van der Waals surface area contributed by atoms with Crippen LogP contribution in [0, 0.1) is 13.8 Å². The lowest BCUT2D eigenvalue weighted by Gasteiger charge is -2.37. The molecule has 2 nitrogen and oxygen atoms in total. The highest BCUT2D eigenvalue weighted by molar-refractivity contribution is 5.37. The van der Waals surface area contributed by atoms with Crippen molar-refractivity contribution in [2.45, 2.75) is 51.2 Å². The lowest BCUT2D eigenvalue weighted by Crippen LogP contribution is -2.39. The molecular weight excluding hydrogens is 198 g/mol. The van der Waals surface area contributed by atoms with Gasteiger partial charge in [-0.2, -0.15) is 0 Å². The molecule has 0 spiro atoms. The predicted octanol–water partition coefficient (Wildman–Crippen LogP) is 2.39. The summed E-state index contributed by atoms with van der Waals surface area (Å²) in [6, 6.07) is 6.29. The maximum Gasteiger partial charge on any atom is 0.0914 e. The standard InChI is InChI=1S/C14H21NO/c1-10-5-3-7-13(11(10)2)14(16)8-4-6-12(15)9-14/h3,5,7,12,16H,4,6,8-9,15H2,1-2H3. The second-order valence-electron chi connectivity index (χ2n) is 5.14. The monoisotopic (exact) mass is 219 g/mol. The molecule has 1 saturated carbocycles. The molecule has 0 bridgehead atoms. The predicted molar refractivity (Wildman–Crippen MR) is 66.3 cm³/mol. The molecule has 0 aliphatic heterocycles. The highest BCUT2D eigenvalue weighted by Crippen LogP contribution is 2.38. The first-order valence-corrected chi connectivity index (χ1v) is 6.07.